The van der Waals surface area contributed by atoms with E-state index in [1.54, 1.807) is 43.5 Å². The average Bonchev–Trinajstić information content (AvgIpc) is 2.65. The van der Waals surface area contributed by atoms with E-state index in [1.807, 2.05) is 25.1 Å². The van der Waals surface area contributed by atoms with Crippen LogP contribution in [0.1, 0.15) is 22.8 Å². The van der Waals surface area contributed by atoms with Crippen molar-refractivity contribution in [1.82, 2.24) is 9.97 Å². The molecule has 27 heavy (non-hydrogen) atoms. The number of anilines is 4. The minimum atomic E-state index is -0.337. The summed E-state index contributed by atoms with van der Waals surface area (Å²) in [6.07, 6.45) is 1.66. The summed E-state index contributed by atoms with van der Waals surface area (Å²) in [7, 11) is 0. The molecule has 2 aromatic carbocycles. The first-order valence-electron chi connectivity index (χ1n) is 8.45. The van der Waals surface area contributed by atoms with Crippen molar-refractivity contribution in [1.29, 1.82) is 0 Å². The van der Waals surface area contributed by atoms with E-state index in [1.165, 1.54) is 0 Å². The van der Waals surface area contributed by atoms with Crippen LogP contribution in [0.25, 0.3) is 0 Å². The molecule has 6 nitrogen and oxygen atoms in total. The predicted octanol–water partition coefficient (Wildman–Crippen LogP) is 5.10. The summed E-state index contributed by atoms with van der Waals surface area (Å²) in [5, 5.41) is 7.05. The van der Waals surface area contributed by atoms with Gasteiger partial charge in [0.2, 0.25) is 5.95 Å². The van der Waals surface area contributed by atoms with Crippen LogP contribution in [0.2, 0.25) is 5.02 Å². The van der Waals surface area contributed by atoms with Crippen molar-refractivity contribution < 1.29 is 9.53 Å². The van der Waals surface area contributed by atoms with Gasteiger partial charge in [0.15, 0.2) is 0 Å². The SMILES string of the molecule is CCOC(=O)c1ccc(Nc2ccnc(Nc3ccc(Cl)cc3C)n2)cc1. The highest BCUT2D eigenvalue weighted by molar-refractivity contribution is 6.30. The lowest BCUT2D eigenvalue weighted by atomic mass is 10.2. The van der Waals surface area contributed by atoms with Crippen LogP contribution >= 0.6 is 11.6 Å². The van der Waals surface area contributed by atoms with Crippen LogP contribution in [0.5, 0.6) is 0 Å². The topological polar surface area (TPSA) is 76.1 Å². The molecule has 0 atom stereocenters. The van der Waals surface area contributed by atoms with E-state index in [0.29, 0.717) is 29.0 Å². The fourth-order valence-corrected chi connectivity index (χ4v) is 2.65. The minimum absolute atomic E-state index is 0.337. The van der Waals surface area contributed by atoms with Gasteiger partial charge in [-0.2, -0.15) is 4.98 Å². The van der Waals surface area contributed by atoms with E-state index in [4.69, 9.17) is 16.3 Å². The number of nitrogens with zero attached hydrogens (tertiary/aromatic N) is 2. The summed E-state index contributed by atoms with van der Waals surface area (Å²) in [5.41, 5.74) is 3.19. The van der Waals surface area contributed by atoms with Crippen molar-refractivity contribution in [3.63, 3.8) is 0 Å². The summed E-state index contributed by atoms with van der Waals surface area (Å²) < 4.78 is 4.98. The van der Waals surface area contributed by atoms with E-state index >= 15 is 0 Å². The van der Waals surface area contributed by atoms with Gasteiger partial charge in [-0.05, 0) is 67.9 Å². The molecule has 0 aliphatic carbocycles. The second kappa shape index (κ2) is 8.51. The van der Waals surface area contributed by atoms with E-state index < -0.39 is 0 Å². The van der Waals surface area contributed by atoms with Gasteiger partial charge in [0.05, 0.1) is 12.2 Å². The van der Waals surface area contributed by atoms with E-state index in [-0.39, 0.29) is 5.97 Å². The highest BCUT2D eigenvalue weighted by Gasteiger charge is 2.07. The Kier molecular flexibility index (Phi) is 5.88. The average molecular weight is 383 g/mol. The molecule has 0 spiro atoms. The molecule has 138 valence electrons. The maximum atomic E-state index is 11.7. The van der Waals surface area contributed by atoms with Gasteiger partial charge in [0.1, 0.15) is 5.82 Å². The number of aromatic nitrogens is 2. The summed E-state index contributed by atoms with van der Waals surface area (Å²) >= 11 is 5.99. The molecule has 0 bridgehead atoms. The first kappa shape index (κ1) is 18.7. The van der Waals surface area contributed by atoms with Crippen molar-refractivity contribution in [2.24, 2.45) is 0 Å². The molecule has 0 saturated heterocycles. The third-order valence-corrected chi connectivity index (χ3v) is 3.99. The van der Waals surface area contributed by atoms with E-state index in [0.717, 1.165) is 16.9 Å². The quantitative estimate of drug-likeness (QED) is 0.577. The Hall–Kier alpha value is -3.12. The molecule has 3 rings (SSSR count). The van der Waals surface area contributed by atoms with Gasteiger partial charge in [-0.1, -0.05) is 11.6 Å². The molecule has 0 radical (unpaired) electrons. The third-order valence-electron chi connectivity index (χ3n) is 3.76. The highest BCUT2D eigenvalue weighted by Crippen LogP contribution is 2.23. The lowest BCUT2D eigenvalue weighted by Crippen LogP contribution is -2.04. The Morgan fingerprint density at radius 2 is 1.89 bits per heavy atom. The molecule has 0 aliphatic rings. The number of rotatable bonds is 6. The van der Waals surface area contributed by atoms with Crippen LogP contribution < -0.4 is 10.6 Å². The van der Waals surface area contributed by atoms with Gasteiger partial charge < -0.3 is 15.4 Å². The number of esters is 1. The summed E-state index contributed by atoms with van der Waals surface area (Å²) in [6.45, 7) is 4.09. The van der Waals surface area contributed by atoms with Crippen molar-refractivity contribution in [2.75, 3.05) is 17.2 Å². The number of carbonyl (C=O) groups is 1. The molecule has 0 amide bonds. The molecule has 3 aromatic rings. The molecule has 1 heterocycles. The number of carbonyl (C=O) groups excluding carboxylic acids is 1. The second-order valence-corrected chi connectivity index (χ2v) is 6.21. The van der Waals surface area contributed by atoms with Crippen LogP contribution in [-0.2, 0) is 4.74 Å². The maximum Gasteiger partial charge on any atom is 0.338 e. The Bertz CT molecular complexity index is 945. The van der Waals surface area contributed by atoms with Gasteiger partial charge in [-0.3, -0.25) is 0 Å². The first-order valence-corrected chi connectivity index (χ1v) is 8.83. The van der Waals surface area contributed by atoms with E-state index in [2.05, 4.69) is 20.6 Å². The molecule has 0 saturated carbocycles. The molecular weight excluding hydrogens is 364 g/mol. The Balaban J connectivity index is 1.71. The van der Waals surface area contributed by atoms with E-state index in [9.17, 15) is 4.79 Å². The second-order valence-electron chi connectivity index (χ2n) is 5.77. The number of aryl methyl sites for hydroxylation is 1. The van der Waals surface area contributed by atoms with Crippen LogP contribution in [0.4, 0.5) is 23.1 Å². The third kappa shape index (κ3) is 4.95. The van der Waals surface area contributed by atoms with Crippen LogP contribution in [-0.4, -0.2) is 22.5 Å². The zero-order valence-electron chi connectivity index (χ0n) is 15.0. The predicted molar refractivity (Wildman–Crippen MR) is 107 cm³/mol. The standard InChI is InChI=1S/C20H19ClN4O2/c1-3-27-19(26)14-4-7-16(8-5-14)23-18-10-11-22-20(25-18)24-17-9-6-15(21)12-13(17)2/h4-12H,3H2,1-2H3,(H2,22,23,24,25). The van der Waals surface area contributed by atoms with Gasteiger partial charge in [0.25, 0.3) is 0 Å². The van der Waals surface area contributed by atoms with Crippen molar-refractivity contribution >= 4 is 40.7 Å². The van der Waals surface area contributed by atoms with Gasteiger partial charge >= 0.3 is 5.97 Å². The lowest BCUT2D eigenvalue weighted by molar-refractivity contribution is 0.0526. The summed E-state index contributed by atoms with van der Waals surface area (Å²) in [6, 6.07) is 14.3. The number of nitrogens with one attached hydrogen (secondary N) is 2. The number of hydrogen-bond donors (Lipinski definition) is 2. The maximum absolute atomic E-state index is 11.7. The van der Waals surface area contributed by atoms with Gasteiger partial charge in [0, 0.05) is 22.6 Å². The minimum Gasteiger partial charge on any atom is -0.462 e. The molecule has 0 unspecified atom stereocenters. The monoisotopic (exact) mass is 382 g/mol. The number of benzene rings is 2. The van der Waals surface area contributed by atoms with Crippen LogP contribution in [0, 0.1) is 6.92 Å². The molecule has 1 aromatic heterocycles. The summed E-state index contributed by atoms with van der Waals surface area (Å²) in [5.74, 6) is 0.757. The lowest BCUT2D eigenvalue weighted by Gasteiger charge is -2.10. The zero-order valence-corrected chi connectivity index (χ0v) is 15.7. The fourth-order valence-electron chi connectivity index (χ4n) is 2.43. The number of ether oxygens (including phenoxy) is 1. The Morgan fingerprint density at radius 1 is 1.11 bits per heavy atom. The number of halogens is 1. The zero-order chi connectivity index (χ0) is 19.2. The number of hydrogen-bond acceptors (Lipinski definition) is 6. The highest BCUT2D eigenvalue weighted by atomic mass is 35.5. The Labute approximate surface area is 162 Å². The van der Waals surface area contributed by atoms with Crippen molar-refractivity contribution in [3.8, 4) is 0 Å². The van der Waals surface area contributed by atoms with Crippen molar-refractivity contribution in [2.45, 2.75) is 13.8 Å². The van der Waals surface area contributed by atoms with Crippen molar-refractivity contribution in [3.05, 3.63) is 70.9 Å². The first-order chi connectivity index (χ1) is 13.0. The molecular formula is C20H19ClN4O2. The molecule has 7 heteroatoms. The normalized spacial score (nSPS) is 10.3. The Morgan fingerprint density at radius 3 is 2.59 bits per heavy atom. The molecule has 2 N–H and O–H groups in total. The molecule has 0 aliphatic heterocycles. The van der Waals surface area contributed by atoms with Crippen LogP contribution in [0.15, 0.2) is 54.7 Å². The smallest absolute Gasteiger partial charge is 0.338 e. The molecule has 0 fully saturated rings. The van der Waals surface area contributed by atoms with Crippen LogP contribution in [0.3, 0.4) is 0 Å². The van der Waals surface area contributed by atoms with Gasteiger partial charge in [-0.25, -0.2) is 9.78 Å². The fraction of sp³-hybridized carbons (Fsp3) is 0.150. The summed E-state index contributed by atoms with van der Waals surface area (Å²) in [4.78, 5) is 20.4. The van der Waals surface area contributed by atoms with Gasteiger partial charge in [-0.15, -0.1) is 0 Å². The largest absolute Gasteiger partial charge is 0.462 e.